The number of nitrogens with zero attached hydrogens (tertiary/aromatic N) is 3. The van der Waals surface area contributed by atoms with E-state index in [0.717, 1.165) is 6.07 Å². The molecule has 0 aliphatic rings. The van der Waals surface area contributed by atoms with E-state index in [-0.39, 0.29) is 17.2 Å². The number of anilines is 1. The van der Waals surface area contributed by atoms with Gasteiger partial charge in [0.2, 0.25) is 0 Å². The van der Waals surface area contributed by atoms with Crippen LogP contribution in [-0.2, 0) is 12.4 Å². The van der Waals surface area contributed by atoms with Crippen LogP contribution < -0.4 is 5.32 Å². The van der Waals surface area contributed by atoms with Crippen molar-refractivity contribution < 1.29 is 26.3 Å². The van der Waals surface area contributed by atoms with Gasteiger partial charge < -0.3 is 5.32 Å². The van der Waals surface area contributed by atoms with Crippen LogP contribution >= 0.6 is 0 Å². The van der Waals surface area contributed by atoms with Gasteiger partial charge >= 0.3 is 12.4 Å². The van der Waals surface area contributed by atoms with E-state index in [1.54, 1.807) is 31.6 Å². The van der Waals surface area contributed by atoms with Gasteiger partial charge in [0.1, 0.15) is 5.82 Å². The number of pyridine rings is 1. The number of rotatable bonds is 3. The van der Waals surface area contributed by atoms with Crippen LogP contribution in [0.3, 0.4) is 0 Å². The van der Waals surface area contributed by atoms with Crippen LogP contribution in [0.4, 0.5) is 32.2 Å². The molecule has 0 aliphatic heterocycles. The predicted molar refractivity (Wildman–Crippen MR) is 108 cm³/mol. The molecule has 0 saturated carbocycles. The molecule has 4 aromatic rings. The maximum absolute atomic E-state index is 13.6. The summed E-state index contributed by atoms with van der Waals surface area (Å²) < 4.78 is 79.7. The molecular weight excluding hydrogens is 434 g/mol. The summed E-state index contributed by atoms with van der Waals surface area (Å²) in [5, 5.41) is 3.31. The first kappa shape index (κ1) is 21.5. The van der Waals surface area contributed by atoms with Gasteiger partial charge in [-0.3, -0.25) is 4.98 Å². The summed E-state index contributed by atoms with van der Waals surface area (Å²) in [6.07, 6.45) is -6.69. The second kappa shape index (κ2) is 7.77. The van der Waals surface area contributed by atoms with Crippen LogP contribution in [0.2, 0.25) is 0 Å². The number of hydrogen-bond acceptors (Lipinski definition) is 4. The lowest BCUT2D eigenvalue weighted by Crippen LogP contribution is -2.12. The zero-order chi connectivity index (χ0) is 23.1. The summed E-state index contributed by atoms with van der Waals surface area (Å²) in [5.41, 5.74) is -1.91. The topological polar surface area (TPSA) is 50.7 Å². The standard InChI is InChI=1S/C22H14F6N4/c1-29-20-16-9-12(4-7-18(16)31-19(32-20)13-3-2-8-30-11-13)15-6-5-14(21(23,24)25)10-17(15)22(26,27)28/h2-11H,1H3,(H,29,31,32). The highest BCUT2D eigenvalue weighted by Gasteiger charge is 2.38. The molecule has 2 aromatic carbocycles. The van der Waals surface area contributed by atoms with Crippen LogP contribution in [0.1, 0.15) is 11.1 Å². The van der Waals surface area contributed by atoms with Crippen molar-refractivity contribution >= 4 is 16.7 Å². The normalized spacial score (nSPS) is 12.2. The fraction of sp³-hybridized carbons (Fsp3) is 0.136. The molecule has 0 spiro atoms. The van der Waals surface area contributed by atoms with Gasteiger partial charge in [-0.2, -0.15) is 26.3 Å². The van der Waals surface area contributed by atoms with Crippen molar-refractivity contribution in [2.24, 2.45) is 0 Å². The quantitative estimate of drug-likeness (QED) is 0.367. The second-order valence-electron chi connectivity index (χ2n) is 6.88. The molecule has 0 aliphatic carbocycles. The number of alkyl halides is 6. The van der Waals surface area contributed by atoms with Gasteiger partial charge in [-0.1, -0.05) is 12.1 Å². The molecule has 32 heavy (non-hydrogen) atoms. The van der Waals surface area contributed by atoms with Gasteiger partial charge in [0.15, 0.2) is 5.82 Å². The van der Waals surface area contributed by atoms with Crippen LogP contribution in [0.15, 0.2) is 60.9 Å². The molecular formula is C22H14F6N4. The van der Waals surface area contributed by atoms with Crippen molar-refractivity contribution in [3.63, 3.8) is 0 Å². The Kier molecular flexibility index (Phi) is 5.23. The molecule has 10 heteroatoms. The average molecular weight is 448 g/mol. The van der Waals surface area contributed by atoms with Crippen LogP contribution in [0, 0.1) is 0 Å². The Morgan fingerprint density at radius 3 is 2.22 bits per heavy atom. The number of hydrogen-bond donors (Lipinski definition) is 1. The first-order valence-corrected chi connectivity index (χ1v) is 9.26. The van der Waals surface area contributed by atoms with E-state index in [1.165, 1.54) is 18.2 Å². The Labute approximate surface area is 178 Å². The van der Waals surface area contributed by atoms with Crippen molar-refractivity contribution in [1.82, 2.24) is 15.0 Å². The molecule has 164 valence electrons. The molecule has 0 amide bonds. The first-order valence-electron chi connectivity index (χ1n) is 9.26. The Balaban J connectivity index is 1.89. The van der Waals surface area contributed by atoms with E-state index in [9.17, 15) is 26.3 Å². The molecule has 2 heterocycles. The van der Waals surface area contributed by atoms with E-state index in [1.807, 2.05) is 0 Å². The van der Waals surface area contributed by atoms with Crippen molar-refractivity contribution in [1.29, 1.82) is 0 Å². The average Bonchev–Trinajstić information content (AvgIpc) is 2.77. The first-order chi connectivity index (χ1) is 15.1. The largest absolute Gasteiger partial charge is 0.417 e. The number of nitrogens with one attached hydrogen (secondary N) is 1. The molecule has 4 nitrogen and oxygen atoms in total. The molecule has 1 N–H and O–H groups in total. The Hall–Kier alpha value is -3.69. The molecule has 0 fully saturated rings. The van der Waals surface area contributed by atoms with E-state index in [2.05, 4.69) is 20.3 Å². The van der Waals surface area contributed by atoms with E-state index < -0.39 is 23.5 Å². The summed E-state index contributed by atoms with van der Waals surface area (Å²) in [4.78, 5) is 12.9. The van der Waals surface area contributed by atoms with Crippen LogP contribution in [0.25, 0.3) is 33.4 Å². The third-order valence-corrected chi connectivity index (χ3v) is 4.82. The molecule has 0 atom stereocenters. The zero-order valence-electron chi connectivity index (χ0n) is 16.4. The molecule has 0 bridgehead atoms. The monoisotopic (exact) mass is 448 g/mol. The minimum absolute atomic E-state index is 0.0905. The minimum atomic E-state index is -4.97. The highest BCUT2D eigenvalue weighted by atomic mass is 19.4. The maximum Gasteiger partial charge on any atom is 0.417 e. The highest BCUT2D eigenvalue weighted by molar-refractivity contribution is 5.94. The number of halogens is 6. The van der Waals surface area contributed by atoms with Crippen molar-refractivity contribution in [2.75, 3.05) is 12.4 Å². The Bertz CT molecular complexity index is 1280. The number of aromatic nitrogens is 3. The van der Waals surface area contributed by atoms with E-state index >= 15 is 0 Å². The molecule has 0 radical (unpaired) electrons. The minimum Gasteiger partial charge on any atom is -0.373 e. The third-order valence-electron chi connectivity index (χ3n) is 4.82. The third kappa shape index (κ3) is 4.08. The van der Waals surface area contributed by atoms with Gasteiger partial charge in [0.05, 0.1) is 16.6 Å². The van der Waals surface area contributed by atoms with Crippen LogP contribution in [-0.4, -0.2) is 22.0 Å². The highest BCUT2D eigenvalue weighted by Crippen LogP contribution is 2.41. The van der Waals surface area contributed by atoms with Gasteiger partial charge in [0.25, 0.3) is 0 Å². The number of fused-ring (bicyclic) bond motifs is 1. The molecule has 4 rings (SSSR count). The lowest BCUT2D eigenvalue weighted by molar-refractivity contribution is -0.142. The lowest BCUT2D eigenvalue weighted by Gasteiger charge is -2.17. The summed E-state index contributed by atoms with van der Waals surface area (Å²) in [7, 11) is 1.60. The SMILES string of the molecule is CNc1nc(-c2cccnc2)nc2ccc(-c3ccc(C(F)(F)F)cc3C(F)(F)F)cc12. The van der Waals surface area contributed by atoms with Gasteiger partial charge in [-0.25, -0.2) is 9.97 Å². The smallest absolute Gasteiger partial charge is 0.373 e. The fourth-order valence-electron chi connectivity index (χ4n) is 3.32. The van der Waals surface area contributed by atoms with Gasteiger partial charge in [0, 0.05) is 30.4 Å². The molecule has 0 unspecified atom stereocenters. The Morgan fingerprint density at radius 1 is 0.812 bits per heavy atom. The number of benzene rings is 2. The summed E-state index contributed by atoms with van der Waals surface area (Å²) in [6.45, 7) is 0. The van der Waals surface area contributed by atoms with Crippen LogP contribution in [0.5, 0.6) is 0 Å². The fourth-order valence-corrected chi connectivity index (χ4v) is 3.32. The Morgan fingerprint density at radius 2 is 1.59 bits per heavy atom. The summed E-state index contributed by atoms with van der Waals surface area (Å²) >= 11 is 0. The predicted octanol–water partition coefficient (Wildman–Crippen LogP) is 6.44. The zero-order valence-corrected chi connectivity index (χ0v) is 16.4. The van der Waals surface area contributed by atoms with E-state index in [0.29, 0.717) is 34.2 Å². The van der Waals surface area contributed by atoms with Gasteiger partial charge in [-0.05, 0) is 47.5 Å². The molecule has 0 saturated heterocycles. The second-order valence-corrected chi connectivity index (χ2v) is 6.88. The van der Waals surface area contributed by atoms with Crippen molar-refractivity contribution in [2.45, 2.75) is 12.4 Å². The van der Waals surface area contributed by atoms with Gasteiger partial charge in [-0.15, -0.1) is 0 Å². The van der Waals surface area contributed by atoms with Crippen molar-refractivity contribution in [3.8, 4) is 22.5 Å². The van der Waals surface area contributed by atoms with Crippen molar-refractivity contribution in [3.05, 3.63) is 72.1 Å². The molecule has 2 aromatic heterocycles. The summed E-state index contributed by atoms with van der Waals surface area (Å²) in [6, 6.07) is 9.39. The lowest BCUT2D eigenvalue weighted by atomic mass is 9.95. The maximum atomic E-state index is 13.6. The summed E-state index contributed by atoms with van der Waals surface area (Å²) in [5.74, 6) is 0.726. The van der Waals surface area contributed by atoms with E-state index in [4.69, 9.17) is 0 Å².